The predicted molar refractivity (Wildman–Crippen MR) is 108 cm³/mol. The van der Waals surface area contributed by atoms with Crippen LogP contribution in [0.3, 0.4) is 0 Å². The Morgan fingerprint density at radius 1 is 1.25 bits per heavy atom. The molecule has 2 unspecified atom stereocenters. The minimum atomic E-state index is -0.466. The van der Waals surface area contributed by atoms with Crippen LogP contribution in [0.4, 0.5) is 0 Å². The second-order valence-corrected chi connectivity index (χ2v) is 10.9. The quantitative estimate of drug-likeness (QED) is 0.824. The van der Waals surface area contributed by atoms with E-state index in [9.17, 15) is 9.90 Å². The lowest BCUT2D eigenvalue weighted by atomic mass is 9.47. The van der Waals surface area contributed by atoms with Crippen molar-refractivity contribution < 1.29 is 9.90 Å². The fraction of sp³-hybridized carbons (Fsp3) is 0.826. The molecule has 1 saturated heterocycles. The highest BCUT2D eigenvalue weighted by molar-refractivity contribution is 5.77. The smallest absolute Gasteiger partial charge is 0.223 e. The van der Waals surface area contributed by atoms with Crippen molar-refractivity contribution in [1.82, 2.24) is 15.1 Å². The Hall–Kier alpha value is -1.36. The number of likely N-dealkylation sites (tertiary alicyclic amines) is 1. The number of aromatic nitrogens is 2. The minimum absolute atomic E-state index is 0.0856. The number of hydrogen-bond acceptors (Lipinski definition) is 3. The molecule has 2 N–H and O–H groups in total. The van der Waals surface area contributed by atoms with Crippen LogP contribution in [0.25, 0.3) is 0 Å². The van der Waals surface area contributed by atoms with E-state index in [1.165, 1.54) is 25.0 Å². The zero-order chi connectivity index (χ0) is 19.5. The maximum Gasteiger partial charge on any atom is 0.223 e. The molecular weight excluding hydrogens is 350 g/mol. The van der Waals surface area contributed by atoms with E-state index in [2.05, 4.69) is 35.0 Å². The summed E-state index contributed by atoms with van der Waals surface area (Å²) in [6, 6.07) is 2.21. The summed E-state index contributed by atoms with van der Waals surface area (Å²) in [6.45, 7) is 6.05. The van der Waals surface area contributed by atoms with Gasteiger partial charge in [0.15, 0.2) is 0 Å². The first kappa shape index (κ1) is 18.7. The molecule has 1 aliphatic heterocycles. The van der Waals surface area contributed by atoms with Gasteiger partial charge in [-0.15, -0.1) is 0 Å². The number of H-pyrrole nitrogens is 1. The third-order valence-corrected chi connectivity index (χ3v) is 8.17. The van der Waals surface area contributed by atoms with Crippen molar-refractivity contribution in [1.29, 1.82) is 0 Å². The lowest BCUT2D eigenvalue weighted by Gasteiger charge is -2.60. The molecule has 4 bridgehead atoms. The van der Waals surface area contributed by atoms with Crippen molar-refractivity contribution in [2.45, 2.75) is 89.1 Å². The molecular formula is C23H35N3O2. The molecule has 154 valence electrons. The average molecular weight is 386 g/mol. The Bertz CT molecular complexity index is 733. The Kier molecular flexibility index (Phi) is 4.38. The van der Waals surface area contributed by atoms with Gasteiger partial charge in [-0.25, -0.2) is 0 Å². The van der Waals surface area contributed by atoms with Crippen molar-refractivity contribution >= 4 is 5.91 Å². The molecule has 5 heteroatoms. The van der Waals surface area contributed by atoms with Crippen LogP contribution in [0.5, 0.6) is 0 Å². The molecule has 1 aromatic rings. The van der Waals surface area contributed by atoms with Crippen LogP contribution in [0, 0.1) is 17.3 Å². The number of amides is 1. The Labute approximate surface area is 168 Å². The summed E-state index contributed by atoms with van der Waals surface area (Å²) in [5.74, 6) is 2.57. The Balaban J connectivity index is 1.20. The fourth-order valence-electron chi connectivity index (χ4n) is 7.34. The first-order chi connectivity index (χ1) is 13.3. The molecule has 1 amide bonds. The summed E-state index contributed by atoms with van der Waals surface area (Å²) in [5.41, 5.74) is 1.99. The molecule has 5 fully saturated rings. The SMILES string of the molecule is CC(C)c1cc(C2CCN(C(=O)CC34C[C@@H]5C[C@@H](CC(O)(C5)C3)C4)CC2)[nH]n1. The maximum atomic E-state index is 13.1. The van der Waals surface area contributed by atoms with Crippen LogP contribution in [0.1, 0.15) is 94.9 Å². The monoisotopic (exact) mass is 385 g/mol. The van der Waals surface area contributed by atoms with Crippen molar-refractivity contribution in [3.63, 3.8) is 0 Å². The summed E-state index contributed by atoms with van der Waals surface area (Å²) >= 11 is 0. The Morgan fingerprint density at radius 3 is 2.50 bits per heavy atom. The number of aromatic amines is 1. The molecule has 5 nitrogen and oxygen atoms in total. The zero-order valence-corrected chi connectivity index (χ0v) is 17.4. The molecule has 6 rings (SSSR count). The lowest BCUT2D eigenvalue weighted by Crippen LogP contribution is -2.56. The molecule has 1 aromatic heterocycles. The number of piperidine rings is 1. The van der Waals surface area contributed by atoms with Gasteiger partial charge in [0.2, 0.25) is 5.91 Å². The normalized spacial score (nSPS) is 37.8. The minimum Gasteiger partial charge on any atom is -0.390 e. The van der Waals surface area contributed by atoms with E-state index in [0.717, 1.165) is 50.9 Å². The molecule has 0 spiro atoms. The molecule has 28 heavy (non-hydrogen) atoms. The largest absolute Gasteiger partial charge is 0.390 e. The number of aliphatic hydroxyl groups is 1. The lowest BCUT2D eigenvalue weighted by molar-refractivity contribution is -0.172. The highest BCUT2D eigenvalue weighted by Gasteiger charge is 2.57. The van der Waals surface area contributed by atoms with Crippen molar-refractivity contribution in [3.05, 3.63) is 17.5 Å². The van der Waals surface area contributed by atoms with Crippen LogP contribution in [0.2, 0.25) is 0 Å². The summed E-state index contributed by atoms with van der Waals surface area (Å²) in [4.78, 5) is 15.2. The van der Waals surface area contributed by atoms with Gasteiger partial charge in [0, 0.05) is 31.1 Å². The van der Waals surface area contributed by atoms with Gasteiger partial charge in [0.05, 0.1) is 11.3 Å². The highest BCUT2D eigenvalue weighted by atomic mass is 16.3. The molecule has 4 saturated carbocycles. The molecule has 0 radical (unpaired) electrons. The van der Waals surface area contributed by atoms with Gasteiger partial charge in [-0.3, -0.25) is 9.89 Å². The fourth-order valence-corrected chi connectivity index (χ4v) is 7.34. The molecule has 2 heterocycles. The van der Waals surface area contributed by atoms with Crippen LogP contribution in [-0.2, 0) is 4.79 Å². The van der Waals surface area contributed by atoms with Crippen LogP contribution in [-0.4, -0.2) is 44.8 Å². The van der Waals surface area contributed by atoms with E-state index in [-0.39, 0.29) is 5.41 Å². The highest BCUT2D eigenvalue weighted by Crippen LogP contribution is 2.62. The third-order valence-electron chi connectivity index (χ3n) is 8.17. The van der Waals surface area contributed by atoms with Crippen molar-refractivity contribution in [3.8, 4) is 0 Å². The number of rotatable bonds is 4. The molecule has 0 aromatic carbocycles. The van der Waals surface area contributed by atoms with E-state index >= 15 is 0 Å². The van der Waals surface area contributed by atoms with Gasteiger partial charge >= 0.3 is 0 Å². The van der Waals surface area contributed by atoms with E-state index in [4.69, 9.17) is 0 Å². The second kappa shape index (κ2) is 6.58. The summed E-state index contributed by atoms with van der Waals surface area (Å²) in [7, 11) is 0. The molecule has 4 atom stereocenters. The first-order valence-corrected chi connectivity index (χ1v) is 11.4. The van der Waals surface area contributed by atoms with Crippen molar-refractivity contribution in [2.75, 3.05) is 13.1 Å². The van der Waals surface area contributed by atoms with Crippen LogP contribution >= 0.6 is 0 Å². The van der Waals surface area contributed by atoms with Gasteiger partial charge in [-0.1, -0.05) is 13.8 Å². The second-order valence-electron chi connectivity index (χ2n) is 10.9. The average Bonchev–Trinajstić information content (AvgIpc) is 3.09. The van der Waals surface area contributed by atoms with Gasteiger partial charge in [0.1, 0.15) is 0 Å². The van der Waals surface area contributed by atoms with Crippen molar-refractivity contribution in [2.24, 2.45) is 17.3 Å². The number of carbonyl (C=O) groups excluding carboxylic acids is 1. The summed E-state index contributed by atoms with van der Waals surface area (Å²) < 4.78 is 0. The number of carbonyl (C=O) groups is 1. The first-order valence-electron chi connectivity index (χ1n) is 11.4. The van der Waals surface area contributed by atoms with E-state index < -0.39 is 5.60 Å². The number of nitrogens with one attached hydrogen (secondary N) is 1. The van der Waals surface area contributed by atoms with Crippen LogP contribution in [0.15, 0.2) is 6.07 Å². The maximum absolute atomic E-state index is 13.1. The summed E-state index contributed by atoms with van der Waals surface area (Å²) in [6.07, 6.45) is 9.14. The van der Waals surface area contributed by atoms with Gasteiger partial charge < -0.3 is 10.0 Å². The summed E-state index contributed by atoms with van der Waals surface area (Å²) in [5, 5.41) is 18.6. The van der Waals surface area contributed by atoms with Gasteiger partial charge in [0.25, 0.3) is 0 Å². The predicted octanol–water partition coefficient (Wildman–Crippen LogP) is 3.96. The number of nitrogens with zero attached hydrogens (tertiary/aromatic N) is 2. The topological polar surface area (TPSA) is 69.2 Å². The molecule has 4 aliphatic carbocycles. The Morgan fingerprint density at radius 2 is 1.93 bits per heavy atom. The standard InChI is InChI=1S/C23H35N3O2/c1-15(2)19-8-20(25-24-19)18-3-5-26(6-4-18)21(27)13-22-9-16-7-17(10-22)12-23(28,11-16)14-22/h8,15-18,28H,3-7,9-14H2,1-2H3,(H,24,25)/t16-,17+,22?,23?. The van der Waals surface area contributed by atoms with E-state index in [0.29, 0.717) is 36.0 Å². The number of hydrogen-bond donors (Lipinski definition) is 2. The van der Waals surface area contributed by atoms with Gasteiger partial charge in [-0.05, 0) is 80.6 Å². The zero-order valence-electron chi connectivity index (χ0n) is 17.4. The van der Waals surface area contributed by atoms with Gasteiger partial charge in [-0.2, -0.15) is 5.10 Å². The van der Waals surface area contributed by atoms with Crippen LogP contribution < -0.4 is 0 Å². The molecule has 5 aliphatic rings. The van der Waals surface area contributed by atoms with E-state index in [1.54, 1.807) is 0 Å². The third kappa shape index (κ3) is 3.30. The van der Waals surface area contributed by atoms with E-state index in [1.807, 2.05) is 0 Å².